The Morgan fingerprint density at radius 2 is 2.00 bits per heavy atom. The summed E-state index contributed by atoms with van der Waals surface area (Å²) in [5, 5.41) is 5.46. The summed E-state index contributed by atoms with van der Waals surface area (Å²) in [7, 11) is 2.03. The summed E-state index contributed by atoms with van der Waals surface area (Å²) in [4.78, 5) is 14.0. The molecule has 0 aromatic heterocycles. The van der Waals surface area contributed by atoms with Crippen LogP contribution in [0.1, 0.15) is 24.0 Å². The average molecular weight is 315 g/mol. The van der Waals surface area contributed by atoms with Gasteiger partial charge in [0.1, 0.15) is 0 Å². The van der Waals surface area contributed by atoms with E-state index >= 15 is 0 Å². The molecular formula is C15H20F3N3O. The van der Waals surface area contributed by atoms with E-state index in [0.717, 1.165) is 38.1 Å². The molecule has 1 aromatic carbocycles. The van der Waals surface area contributed by atoms with Crippen molar-refractivity contribution in [1.29, 1.82) is 0 Å². The van der Waals surface area contributed by atoms with Crippen LogP contribution in [0.5, 0.6) is 0 Å². The van der Waals surface area contributed by atoms with E-state index < -0.39 is 11.7 Å². The summed E-state index contributed by atoms with van der Waals surface area (Å²) in [6.45, 7) is 1.93. The Morgan fingerprint density at radius 3 is 2.64 bits per heavy atom. The van der Waals surface area contributed by atoms with Gasteiger partial charge in [-0.25, -0.2) is 4.79 Å². The molecule has 4 nitrogen and oxygen atoms in total. The molecule has 2 amide bonds. The highest BCUT2D eigenvalue weighted by atomic mass is 19.4. The Kier molecular flexibility index (Phi) is 5.28. The summed E-state index contributed by atoms with van der Waals surface area (Å²) >= 11 is 0. The van der Waals surface area contributed by atoms with Crippen molar-refractivity contribution in [2.24, 2.45) is 0 Å². The van der Waals surface area contributed by atoms with Gasteiger partial charge in [0, 0.05) is 12.6 Å². The number of nitrogens with one attached hydrogen (secondary N) is 2. The fourth-order valence-electron chi connectivity index (χ4n) is 2.43. The maximum Gasteiger partial charge on any atom is 0.416 e. The number of carbonyl (C=O) groups is 1. The van der Waals surface area contributed by atoms with Gasteiger partial charge in [-0.15, -0.1) is 0 Å². The molecule has 1 aliphatic heterocycles. The molecule has 2 rings (SSSR count). The molecule has 1 aromatic rings. The quantitative estimate of drug-likeness (QED) is 0.900. The van der Waals surface area contributed by atoms with Crippen molar-refractivity contribution < 1.29 is 18.0 Å². The van der Waals surface area contributed by atoms with Crippen LogP contribution < -0.4 is 10.6 Å². The van der Waals surface area contributed by atoms with Crippen LogP contribution in [0.15, 0.2) is 24.3 Å². The minimum Gasteiger partial charge on any atom is -0.335 e. The molecule has 1 heterocycles. The Bertz CT molecular complexity index is 511. The highest BCUT2D eigenvalue weighted by Gasteiger charge is 2.30. The first kappa shape index (κ1) is 16.6. The Hall–Kier alpha value is -1.76. The molecule has 0 unspecified atom stereocenters. The molecule has 0 radical (unpaired) electrons. The van der Waals surface area contributed by atoms with Gasteiger partial charge in [0.25, 0.3) is 0 Å². The number of halogens is 3. The number of benzene rings is 1. The van der Waals surface area contributed by atoms with E-state index in [9.17, 15) is 18.0 Å². The minimum atomic E-state index is -4.37. The summed E-state index contributed by atoms with van der Waals surface area (Å²) in [5.74, 6) is 0. The van der Waals surface area contributed by atoms with Crippen LogP contribution in [-0.2, 0) is 12.7 Å². The lowest BCUT2D eigenvalue weighted by Gasteiger charge is -2.29. The van der Waals surface area contributed by atoms with Crippen molar-refractivity contribution >= 4 is 6.03 Å². The fourth-order valence-corrected chi connectivity index (χ4v) is 2.43. The predicted octanol–water partition coefficient (Wildman–Crippen LogP) is 2.60. The molecule has 0 saturated carbocycles. The normalized spacial score (nSPS) is 17.3. The molecule has 0 spiro atoms. The second-order valence-electron chi connectivity index (χ2n) is 5.60. The second kappa shape index (κ2) is 7.00. The maximum absolute atomic E-state index is 12.6. The third kappa shape index (κ3) is 4.91. The van der Waals surface area contributed by atoms with Crippen LogP contribution in [0.4, 0.5) is 18.0 Å². The molecular weight excluding hydrogens is 295 g/mol. The minimum absolute atomic E-state index is 0.0718. The molecule has 0 aliphatic carbocycles. The van der Waals surface area contributed by atoms with Crippen LogP contribution in [-0.4, -0.2) is 37.1 Å². The van der Waals surface area contributed by atoms with Gasteiger partial charge in [0.2, 0.25) is 0 Å². The molecule has 0 atom stereocenters. The molecule has 1 aliphatic rings. The lowest BCUT2D eigenvalue weighted by molar-refractivity contribution is -0.137. The molecule has 2 N–H and O–H groups in total. The van der Waals surface area contributed by atoms with E-state index in [1.165, 1.54) is 6.07 Å². The third-order valence-corrected chi connectivity index (χ3v) is 3.76. The summed E-state index contributed by atoms with van der Waals surface area (Å²) < 4.78 is 37.8. The zero-order chi connectivity index (χ0) is 16.2. The maximum atomic E-state index is 12.6. The number of amides is 2. The highest BCUT2D eigenvalue weighted by molar-refractivity contribution is 5.74. The third-order valence-electron chi connectivity index (χ3n) is 3.76. The van der Waals surface area contributed by atoms with Crippen molar-refractivity contribution in [3.05, 3.63) is 35.4 Å². The fraction of sp³-hybridized carbons (Fsp3) is 0.533. The zero-order valence-corrected chi connectivity index (χ0v) is 12.4. The van der Waals surface area contributed by atoms with Crippen LogP contribution in [0.3, 0.4) is 0 Å². The highest BCUT2D eigenvalue weighted by Crippen LogP contribution is 2.29. The average Bonchev–Trinajstić information content (AvgIpc) is 2.47. The molecule has 7 heteroatoms. The number of alkyl halides is 3. The van der Waals surface area contributed by atoms with Crippen molar-refractivity contribution in [1.82, 2.24) is 15.5 Å². The summed E-state index contributed by atoms with van der Waals surface area (Å²) in [5.41, 5.74) is -0.282. The number of carbonyl (C=O) groups excluding carboxylic acids is 1. The topological polar surface area (TPSA) is 44.4 Å². The van der Waals surface area contributed by atoms with Gasteiger partial charge >= 0.3 is 12.2 Å². The van der Waals surface area contributed by atoms with Crippen molar-refractivity contribution in [3.8, 4) is 0 Å². The molecule has 122 valence electrons. The SMILES string of the molecule is CN1CCC(NC(=O)NCc2cccc(C(F)(F)F)c2)CC1. The Balaban J connectivity index is 1.81. The first-order valence-electron chi connectivity index (χ1n) is 7.23. The lowest BCUT2D eigenvalue weighted by Crippen LogP contribution is -2.46. The van der Waals surface area contributed by atoms with E-state index in [1.807, 2.05) is 7.05 Å². The van der Waals surface area contributed by atoms with E-state index in [2.05, 4.69) is 15.5 Å². The molecule has 1 saturated heterocycles. The number of likely N-dealkylation sites (tertiary alicyclic amines) is 1. The second-order valence-corrected chi connectivity index (χ2v) is 5.60. The zero-order valence-electron chi connectivity index (χ0n) is 12.4. The number of rotatable bonds is 3. The van der Waals surface area contributed by atoms with Gasteiger partial charge in [-0.05, 0) is 50.7 Å². The largest absolute Gasteiger partial charge is 0.416 e. The van der Waals surface area contributed by atoms with Gasteiger partial charge in [0.05, 0.1) is 5.56 Å². The molecule has 22 heavy (non-hydrogen) atoms. The van der Waals surface area contributed by atoms with Crippen molar-refractivity contribution in [3.63, 3.8) is 0 Å². The summed E-state index contributed by atoms with van der Waals surface area (Å²) in [6.07, 6.45) is -2.60. The number of nitrogens with zero attached hydrogens (tertiary/aromatic N) is 1. The molecule has 0 bridgehead atoms. The van der Waals surface area contributed by atoms with Crippen molar-refractivity contribution in [2.75, 3.05) is 20.1 Å². The van der Waals surface area contributed by atoms with E-state index in [1.54, 1.807) is 6.07 Å². The van der Waals surface area contributed by atoms with Gasteiger partial charge in [0.15, 0.2) is 0 Å². The van der Waals surface area contributed by atoms with Crippen LogP contribution >= 0.6 is 0 Å². The number of hydrogen-bond donors (Lipinski definition) is 2. The van der Waals surface area contributed by atoms with Crippen LogP contribution in [0.25, 0.3) is 0 Å². The van der Waals surface area contributed by atoms with Crippen LogP contribution in [0.2, 0.25) is 0 Å². The summed E-state index contributed by atoms with van der Waals surface area (Å²) in [6, 6.07) is 4.75. The monoisotopic (exact) mass is 315 g/mol. The van der Waals surface area contributed by atoms with E-state index in [-0.39, 0.29) is 18.6 Å². The first-order valence-corrected chi connectivity index (χ1v) is 7.23. The number of hydrogen-bond acceptors (Lipinski definition) is 2. The van der Waals surface area contributed by atoms with Gasteiger partial charge in [-0.3, -0.25) is 0 Å². The first-order chi connectivity index (χ1) is 10.3. The van der Waals surface area contributed by atoms with Gasteiger partial charge in [-0.2, -0.15) is 13.2 Å². The van der Waals surface area contributed by atoms with Gasteiger partial charge < -0.3 is 15.5 Å². The Labute approximate surface area is 127 Å². The number of piperidine rings is 1. The molecule has 1 fully saturated rings. The predicted molar refractivity (Wildman–Crippen MR) is 77.3 cm³/mol. The van der Waals surface area contributed by atoms with Crippen LogP contribution in [0, 0.1) is 0 Å². The lowest BCUT2D eigenvalue weighted by atomic mass is 10.1. The van der Waals surface area contributed by atoms with Gasteiger partial charge in [-0.1, -0.05) is 12.1 Å². The van der Waals surface area contributed by atoms with E-state index in [0.29, 0.717) is 5.56 Å². The number of urea groups is 1. The Morgan fingerprint density at radius 1 is 1.32 bits per heavy atom. The van der Waals surface area contributed by atoms with Crippen molar-refractivity contribution in [2.45, 2.75) is 31.6 Å². The van der Waals surface area contributed by atoms with E-state index in [4.69, 9.17) is 0 Å². The standard InChI is InChI=1S/C15H20F3N3O/c1-21-7-5-13(6-8-21)20-14(22)19-10-11-3-2-4-12(9-11)15(16,17)18/h2-4,9,13H,5-8,10H2,1H3,(H2,19,20,22). The smallest absolute Gasteiger partial charge is 0.335 e.